The summed E-state index contributed by atoms with van der Waals surface area (Å²) in [5.74, 6) is 1.51. The molecule has 1 aliphatic heterocycles. The van der Waals surface area contributed by atoms with Crippen molar-refractivity contribution in [2.75, 3.05) is 44.7 Å². The van der Waals surface area contributed by atoms with E-state index >= 15 is 0 Å². The van der Waals surface area contributed by atoms with Gasteiger partial charge >= 0.3 is 0 Å². The molecule has 1 saturated heterocycles. The number of nitrogens with zero attached hydrogens (tertiary/aromatic N) is 2. The van der Waals surface area contributed by atoms with E-state index < -0.39 is 0 Å². The maximum Gasteiger partial charge on any atom is 0.163 e. The number of halogens is 1. The van der Waals surface area contributed by atoms with Crippen molar-refractivity contribution >= 4 is 28.3 Å². The molecule has 2 N–H and O–H groups in total. The molecule has 3 aromatic rings. The van der Waals surface area contributed by atoms with Gasteiger partial charge in [-0.1, -0.05) is 35.9 Å². The van der Waals surface area contributed by atoms with Crippen molar-refractivity contribution < 1.29 is 9.64 Å². The van der Waals surface area contributed by atoms with Crippen LogP contribution in [0.2, 0.25) is 5.02 Å². The van der Waals surface area contributed by atoms with E-state index in [4.69, 9.17) is 26.3 Å². The van der Waals surface area contributed by atoms with Crippen LogP contribution in [0.5, 0.6) is 0 Å². The highest BCUT2D eigenvalue weighted by atomic mass is 35.5. The number of rotatable bonds is 5. The first-order valence-electron chi connectivity index (χ1n) is 8.98. The van der Waals surface area contributed by atoms with E-state index in [1.54, 1.807) is 4.90 Å². The van der Waals surface area contributed by atoms with Crippen molar-refractivity contribution in [1.82, 2.24) is 9.97 Å². The third kappa shape index (κ3) is 3.80. The van der Waals surface area contributed by atoms with Gasteiger partial charge in [-0.25, -0.2) is 9.97 Å². The van der Waals surface area contributed by atoms with E-state index in [2.05, 4.69) is 11.4 Å². The summed E-state index contributed by atoms with van der Waals surface area (Å²) in [4.78, 5) is 11.0. The number of fused-ring (bicyclic) bond motifs is 1. The summed E-state index contributed by atoms with van der Waals surface area (Å²) in [6, 6.07) is 15.8. The van der Waals surface area contributed by atoms with Gasteiger partial charge in [0.15, 0.2) is 5.82 Å². The molecule has 0 unspecified atom stereocenters. The molecule has 0 bridgehead atoms. The molecule has 0 saturated carbocycles. The van der Waals surface area contributed by atoms with E-state index in [9.17, 15) is 0 Å². The van der Waals surface area contributed by atoms with Crippen molar-refractivity contribution in [3.05, 3.63) is 53.6 Å². The smallest absolute Gasteiger partial charge is 0.163 e. The lowest BCUT2D eigenvalue weighted by molar-refractivity contribution is -0.906. The maximum absolute atomic E-state index is 6.35. The number of aromatic nitrogens is 2. The summed E-state index contributed by atoms with van der Waals surface area (Å²) < 4.78 is 5.42. The number of anilines is 1. The lowest BCUT2D eigenvalue weighted by Gasteiger charge is -2.24. The number of benzene rings is 2. The highest BCUT2D eigenvalue weighted by Gasteiger charge is 2.14. The molecule has 0 radical (unpaired) electrons. The molecule has 4 rings (SSSR count). The van der Waals surface area contributed by atoms with Gasteiger partial charge in [-0.3, -0.25) is 0 Å². The van der Waals surface area contributed by atoms with E-state index in [1.165, 1.54) is 0 Å². The SMILES string of the molecule is Clc1ccccc1-c1nc(NCC[NH+]2CCOCC2)c2ccccc2n1. The summed E-state index contributed by atoms with van der Waals surface area (Å²) in [6.07, 6.45) is 0. The Morgan fingerprint density at radius 1 is 1.00 bits per heavy atom. The van der Waals surface area contributed by atoms with Crippen LogP contribution in [0, 0.1) is 0 Å². The average Bonchev–Trinajstić information content (AvgIpc) is 2.69. The summed E-state index contributed by atoms with van der Waals surface area (Å²) in [6.45, 7) is 5.74. The third-order valence-electron chi connectivity index (χ3n) is 4.69. The van der Waals surface area contributed by atoms with Crippen LogP contribution in [0.4, 0.5) is 5.82 Å². The highest BCUT2D eigenvalue weighted by Crippen LogP contribution is 2.28. The van der Waals surface area contributed by atoms with Crippen LogP contribution in [-0.4, -0.2) is 49.4 Å². The van der Waals surface area contributed by atoms with Crippen LogP contribution in [0.25, 0.3) is 22.3 Å². The van der Waals surface area contributed by atoms with Crippen LogP contribution in [-0.2, 0) is 4.74 Å². The van der Waals surface area contributed by atoms with Gasteiger partial charge in [0, 0.05) is 10.9 Å². The minimum atomic E-state index is 0.649. The van der Waals surface area contributed by atoms with Crippen molar-refractivity contribution in [3.8, 4) is 11.4 Å². The van der Waals surface area contributed by atoms with Gasteiger partial charge in [-0.05, 0) is 24.3 Å². The summed E-state index contributed by atoms with van der Waals surface area (Å²) in [5, 5.41) is 5.20. The molecule has 1 aliphatic rings. The molecule has 0 spiro atoms. The molecule has 1 aromatic heterocycles. The second-order valence-corrected chi connectivity index (χ2v) is 6.84. The number of hydrogen-bond acceptors (Lipinski definition) is 4. The Hall–Kier alpha value is -2.21. The Labute approximate surface area is 158 Å². The quantitative estimate of drug-likeness (QED) is 0.724. The van der Waals surface area contributed by atoms with Crippen LogP contribution in [0.1, 0.15) is 0 Å². The zero-order valence-corrected chi connectivity index (χ0v) is 15.3. The molecular formula is C20H22ClN4O+. The average molecular weight is 370 g/mol. The Balaban J connectivity index is 1.61. The third-order valence-corrected chi connectivity index (χ3v) is 5.02. The number of quaternary nitrogens is 1. The molecule has 0 amide bonds. The van der Waals surface area contributed by atoms with Gasteiger partial charge in [-0.2, -0.15) is 0 Å². The number of morpholine rings is 1. The van der Waals surface area contributed by atoms with Crippen LogP contribution in [0.3, 0.4) is 0 Å². The zero-order valence-electron chi connectivity index (χ0n) is 14.5. The largest absolute Gasteiger partial charge is 0.370 e. The lowest BCUT2D eigenvalue weighted by Crippen LogP contribution is -3.14. The number of nitrogens with one attached hydrogen (secondary N) is 2. The highest BCUT2D eigenvalue weighted by molar-refractivity contribution is 6.33. The molecule has 134 valence electrons. The van der Waals surface area contributed by atoms with E-state index in [0.29, 0.717) is 10.8 Å². The summed E-state index contributed by atoms with van der Waals surface area (Å²) in [5.41, 5.74) is 1.76. The fraction of sp³-hybridized carbons (Fsp3) is 0.300. The van der Waals surface area contributed by atoms with Crippen molar-refractivity contribution in [2.45, 2.75) is 0 Å². The fourth-order valence-corrected chi connectivity index (χ4v) is 3.46. The van der Waals surface area contributed by atoms with Crippen LogP contribution < -0.4 is 10.2 Å². The normalized spacial score (nSPS) is 15.3. The van der Waals surface area contributed by atoms with Crippen LogP contribution >= 0.6 is 11.6 Å². The van der Waals surface area contributed by atoms with E-state index in [-0.39, 0.29) is 0 Å². The van der Waals surface area contributed by atoms with Gasteiger partial charge in [0.1, 0.15) is 18.9 Å². The molecule has 0 aliphatic carbocycles. The first kappa shape index (κ1) is 17.2. The lowest BCUT2D eigenvalue weighted by atomic mass is 10.2. The van der Waals surface area contributed by atoms with Gasteiger partial charge in [0.05, 0.1) is 36.8 Å². The Morgan fingerprint density at radius 3 is 2.62 bits per heavy atom. The zero-order chi connectivity index (χ0) is 17.8. The predicted octanol–water partition coefficient (Wildman–Crippen LogP) is 2.28. The molecule has 5 nitrogen and oxygen atoms in total. The van der Waals surface area contributed by atoms with Gasteiger partial charge < -0.3 is 15.0 Å². The van der Waals surface area contributed by atoms with Gasteiger partial charge in [0.2, 0.25) is 0 Å². The molecule has 26 heavy (non-hydrogen) atoms. The second kappa shape index (κ2) is 7.99. The Morgan fingerprint density at radius 2 is 1.77 bits per heavy atom. The molecule has 0 atom stereocenters. The minimum Gasteiger partial charge on any atom is -0.370 e. The number of ether oxygens (including phenoxy) is 1. The molecular weight excluding hydrogens is 348 g/mol. The molecule has 2 heterocycles. The van der Waals surface area contributed by atoms with Crippen molar-refractivity contribution in [1.29, 1.82) is 0 Å². The first-order valence-corrected chi connectivity index (χ1v) is 9.36. The van der Waals surface area contributed by atoms with Crippen LogP contribution in [0.15, 0.2) is 48.5 Å². The fourth-order valence-electron chi connectivity index (χ4n) is 3.24. The van der Waals surface area contributed by atoms with E-state index in [0.717, 1.165) is 61.7 Å². The standard InChI is InChI=1S/C20H21ClN4O/c21-17-7-3-1-5-15(17)20-23-18-8-4-2-6-16(18)19(24-20)22-9-10-25-11-13-26-14-12-25/h1-8H,9-14H2,(H,22,23,24)/p+1. The molecule has 2 aromatic carbocycles. The number of hydrogen-bond donors (Lipinski definition) is 2. The second-order valence-electron chi connectivity index (χ2n) is 6.43. The van der Waals surface area contributed by atoms with Gasteiger partial charge in [0.25, 0.3) is 0 Å². The maximum atomic E-state index is 6.35. The van der Waals surface area contributed by atoms with E-state index in [1.807, 2.05) is 42.5 Å². The minimum absolute atomic E-state index is 0.649. The topological polar surface area (TPSA) is 51.5 Å². The Kier molecular flexibility index (Phi) is 5.29. The first-order chi connectivity index (χ1) is 12.8. The molecule has 6 heteroatoms. The molecule has 1 fully saturated rings. The van der Waals surface area contributed by atoms with Crippen molar-refractivity contribution in [3.63, 3.8) is 0 Å². The van der Waals surface area contributed by atoms with Crippen molar-refractivity contribution in [2.24, 2.45) is 0 Å². The monoisotopic (exact) mass is 369 g/mol. The summed E-state index contributed by atoms with van der Waals surface area (Å²) >= 11 is 6.35. The van der Waals surface area contributed by atoms with Gasteiger partial charge in [-0.15, -0.1) is 0 Å². The Bertz CT molecular complexity index is 896. The predicted molar refractivity (Wildman–Crippen MR) is 105 cm³/mol. The number of para-hydroxylation sites is 1. The summed E-state index contributed by atoms with van der Waals surface area (Å²) in [7, 11) is 0.